The molecule has 4 rings (SSSR count). The summed E-state index contributed by atoms with van der Waals surface area (Å²) in [6.07, 6.45) is -4.46. The van der Waals surface area contributed by atoms with Crippen LogP contribution in [0.15, 0.2) is 60.7 Å². The van der Waals surface area contributed by atoms with E-state index in [2.05, 4.69) is 15.6 Å². The van der Waals surface area contributed by atoms with Crippen LogP contribution in [0.1, 0.15) is 37.5 Å². The molecule has 0 aliphatic rings. The first-order chi connectivity index (χ1) is 16.6. The number of hydrogen-bond acceptors (Lipinski definition) is 2. The van der Waals surface area contributed by atoms with Crippen LogP contribution in [0.25, 0.3) is 22.0 Å². The zero-order chi connectivity index (χ0) is 25.3. The Morgan fingerprint density at radius 3 is 2.34 bits per heavy atom. The molecule has 3 aromatic carbocycles. The van der Waals surface area contributed by atoms with E-state index in [0.717, 1.165) is 12.1 Å². The summed E-state index contributed by atoms with van der Waals surface area (Å²) in [6.45, 7) is 1.66. The van der Waals surface area contributed by atoms with Gasteiger partial charge in [-0.2, -0.15) is 13.2 Å². The Labute approximate surface area is 198 Å². The van der Waals surface area contributed by atoms with Gasteiger partial charge >= 0.3 is 6.18 Å². The number of fused-ring (bicyclic) bond motifs is 1. The van der Waals surface area contributed by atoms with Crippen molar-refractivity contribution in [2.45, 2.75) is 19.6 Å². The van der Waals surface area contributed by atoms with Crippen molar-refractivity contribution in [3.05, 3.63) is 94.4 Å². The van der Waals surface area contributed by atoms with E-state index in [1.165, 1.54) is 25.2 Å². The van der Waals surface area contributed by atoms with Gasteiger partial charge in [0.25, 0.3) is 11.8 Å². The summed E-state index contributed by atoms with van der Waals surface area (Å²) in [4.78, 5) is 27.5. The van der Waals surface area contributed by atoms with E-state index in [1.807, 2.05) is 0 Å². The van der Waals surface area contributed by atoms with Gasteiger partial charge in [-0.1, -0.05) is 30.3 Å². The summed E-state index contributed by atoms with van der Waals surface area (Å²) >= 11 is 0. The molecule has 0 bridgehead atoms. The van der Waals surface area contributed by atoms with Crippen LogP contribution in [-0.2, 0) is 12.7 Å². The molecule has 1 heterocycles. The van der Waals surface area contributed by atoms with Crippen LogP contribution < -0.4 is 10.6 Å². The van der Waals surface area contributed by atoms with Gasteiger partial charge in [0.15, 0.2) is 0 Å². The SMILES string of the molecule is CNC(=O)c1[nH]c2c(F)ccc(-c3ccc(C(=O)NCc4cccc(C(F)(F)F)c4)cc3)c2c1C. The molecule has 0 saturated carbocycles. The normalized spacial score (nSPS) is 11.5. The Morgan fingerprint density at radius 1 is 0.971 bits per heavy atom. The van der Waals surface area contributed by atoms with Crippen molar-refractivity contribution >= 4 is 22.7 Å². The zero-order valence-electron chi connectivity index (χ0n) is 18.8. The first kappa shape index (κ1) is 24.0. The van der Waals surface area contributed by atoms with Crippen molar-refractivity contribution in [3.63, 3.8) is 0 Å². The lowest BCUT2D eigenvalue weighted by molar-refractivity contribution is -0.137. The first-order valence-electron chi connectivity index (χ1n) is 10.7. The summed E-state index contributed by atoms with van der Waals surface area (Å²) < 4.78 is 53.1. The molecule has 9 heteroatoms. The van der Waals surface area contributed by atoms with Gasteiger partial charge in [-0.15, -0.1) is 0 Å². The van der Waals surface area contributed by atoms with E-state index in [1.54, 1.807) is 37.3 Å². The number of rotatable bonds is 5. The van der Waals surface area contributed by atoms with E-state index in [-0.39, 0.29) is 23.7 Å². The van der Waals surface area contributed by atoms with E-state index in [4.69, 9.17) is 0 Å². The molecule has 2 amide bonds. The number of nitrogens with one attached hydrogen (secondary N) is 3. The minimum absolute atomic E-state index is 0.0616. The van der Waals surface area contributed by atoms with E-state index >= 15 is 0 Å². The van der Waals surface area contributed by atoms with Gasteiger partial charge in [-0.05, 0) is 59.5 Å². The Morgan fingerprint density at radius 2 is 1.69 bits per heavy atom. The topological polar surface area (TPSA) is 74.0 Å². The third kappa shape index (κ3) is 4.75. The molecular formula is C26H21F4N3O2. The summed E-state index contributed by atoms with van der Waals surface area (Å²) in [7, 11) is 1.49. The number of benzene rings is 3. The van der Waals surface area contributed by atoms with Gasteiger partial charge in [0, 0.05) is 24.5 Å². The Kier molecular flexibility index (Phi) is 6.34. The molecule has 180 valence electrons. The molecule has 0 unspecified atom stereocenters. The van der Waals surface area contributed by atoms with Gasteiger partial charge in [0.1, 0.15) is 11.5 Å². The fraction of sp³-hybridized carbons (Fsp3) is 0.154. The lowest BCUT2D eigenvalue weighted by atomic mass is 9.97. The first-order valence-corrected chi connectivity index (χ1v) is 10.7. The molecule has 4 aromatic rings. The van der Waals surface area contributed by atoms with Gasteiger partial charge in [-0.3, -0.25) is 9.59 Å². The van der Waals surface area contributed by atoms with Crippen molar-refractivity contribution in [2.24, 2.45) is 0 Å². The van der Waals surface area contributed by atoms with Crippen LogP contribution in [0.4, 0.5) is 17.6 Å². The molecule has 0 radical (unpaired) electrons. The molecule has 1 aromatic heterocycles. The quantitative estimate of drug-likeness (QED) is 0.324. The molecule has 0 spiro atoms. The third-order valence-electron chi connectivity index (χ3n) is 5.77. The standard InChI is InChI=1S/C26H21F4N3O2/c1-14-21-19(10-11-20(27)23(21)33-22(14)25(35)31-2)16-6-8-17(9-7-16)24(34)32-13-15-4-3-5-18(12-15)26(28,29)30/h3-12,33H,13H2,1-2H3,(H,31,35)(H,32,34). The second-order valence-corrected chi connectivity index (χ2v) is 8.01. The van der Waals surface area contributed by atoms with E-state index < -0.39 is 23.5 Å². The highest BCUT2D eigenvalue weighted by atomic mass is 19.4. The van der Waals surface area contributed by atoms with Crippen LogP contribution in [-0.4, -0.2) is 23.8 Å². The summed E-state index contributed by atoms with van der Waals surface area (Å²) in [5, 5.41) is 5.70. The van der Waals surface area contributed by atoms with E-state index in [9.17, 15) is 27.2 Å². The second kappa shape index (κ2) is 9.25. The fourth-order valence-corrected chi connectivity index (χ4v) is 3.97. The lowest BCUT2D eigenvalue weighted by Gasteiger charge is -2.10. The number of carbonyl (C=O) groups excluding carboxylic acids is 2. The minimum atomic E-state index is -4.46. The van der Waals surface area contributed by atoms with E-state index in [0.29, 0.717) is 33.2 Å². The largest absolute Gasteiger partial charge is 0.416 e. The molecular weight excluding hydrogens is 462 g/mol. The van der Waals surface area contributed by atoms with Crippen molar-refractivity contribution < 1.29 is 27.2 Å². The van der Waals surface area contributed by atoms with Crippen LogP contribution in [0.2, 0.25) is 0 Å². The minimum Gasteiger partial charge on any atom is -0.354 e. The van der Waals surface area contributed by atoms with Crippen LogP contribution >= 0.6 is 0 Å². The van der Waals surface area contributed by atoms with Gasteiger partial charge in [0.2, 0.25) is 0 Å². The predicted octanol–water partition coefficient (Wildman–Crippen LogP) is 5.59. The highest BCUT2D eigenvalue weighted by Crippen LogP contribution is 2.34. The average molecular weight is 483 g/mol. The zero-order valence-corrected chi connectivity index (χ0v) is 18.8. The molecule has 35 heavy (non-hydrogen) atoms. The molecule has 3 N–H and O–H groups in total. The molecule has 0 atom stereocenters. The predicted molar refractivity (Wildman–Crippen MR) is 124 cm³/mol. The van der Waals surface area contributed by atoms with Gasteiger partial charge < -0.3 is 15.6 Å². The van der Waals surface area contributed by atoms with Crippen molar-refractivity contribution in [1.29, 1.82) is 0 Å². The third-order valence-corrected chi connectivity index (χ3v) is 5.77. The van der Waals surface area contributed by atoms with Crippen molar-refractivity contribution in [1.82, 2.24) is 15.6 Å². The number of aromatic amines is 1. The summed E-state index contributed by atoms with van der Waals surface area (Å²) in [5.41, 5.74) is 2.32. The maximum absolute atomic E-state index is 14.4. The number of hydrogen-bond donors (Lipinski definition) is 3. The summed E-state index contributed by atoms with van der Waals surface area (Å²) in [5.74, 6) is -1.30. The molecule has 0 saturated heterocycles. The number of alkyl halides is 3. The number of H-pyrrole nitrogens is 1. The highest BCUT2D eigenvalue weighted by Gasteiger charge is 2.30. The number of aryl methyl sites for hydroxylation is 1. The monoisotopic (exact) mass is 483 g/mol. The smallest absolute Gasteiger partial charge is 0.354 e. The second-order valence-electron chi connectivity index (χ2n) is 8.01. The Bertz CT molecular complexity index is 1420. The Hall–Kier alpha value is -4.14. The van der Waals surface area contributed by atoms with Crippen molar-refractivity contribution in [2.75, 3.05) is 7.05 Å². The fourth-order valence-electron chi connectivity index (χ4n) is 3.97. The van der Waals surface area contributed by atoms with Crippen LogP contribution in [0.3, 0.4) is 0 Å². The molecule has 0 fully saturated rings. The van der Waals surface area contributed by atoms with Crippen LogP contribution in [0, 0.1) is 12.7 Å². The average Bonchev–Trinajstić information content (AvgIpc) is 3.20. The molecule has 0 aliphatic carbocycles. The molecule has 0 aliphatic heterocycles. The Balaban J connectivity index is 1.57. The van der Waals surface area contributed by atoms with Gasteiger partial charge in [-0.25, -0.2) is 4.39 Å². The molecule has 5 nitrogen and oxygen atoms in total. The number of carbonyl (C=O) groups is 2. The lowest BCUT2D eigenvalue weighted by Crippen LogP contribution is -2.23. The number of aromatic nitrogens is 1. The highest BCUT2D eigenvalue weighted by molar-refractivity contribution is 6.06. The van der Waals surface area contributed by atoms with Gasteiger partial charge in [0.05, 0.1) is 11.1 Å². The maximum Gasteiger partial charge on any atom is 0.416 e. The number of amides is 2. The van der Waals surface area contributed by atoms with Crippen LogP contribution in [0.5, 0.6) is 0 Å². The maximum atomic E-state index is 14.4. The van der Waals surface area contributed by atoms with Crippen molar-refractivity contribution in [3.8, 4) is 11.1 Å². The summed E-state index contributed by atoms with van der Waals surface area (Å²) in [6, 6.07) is 14.2. The number of halogens is 4.